The summed E-state index contributed by atoms with van der Waals surface area (Å²) in [6.45, 7) is 2.19. The number of carbonyl (C=O) groups is 2. The number of carbonyl (C=O) groups excluding carboxylic acids is 2. The number of allylic oxidation sites excluding steroid dienone is 2. The Kier molecular flexibility index (Phi) is 4.07. The minimum Gasteiger partial charge on any atom is -0.447 e. The van der Waals surface area contributed by atoms with Crippen molar-refractivity contribution in [1.29, 1.82) is 0 Å². The van der Waals surface area contributed by atoms with E-state index in [1.165, 1.54) is 0 Å². The summed E-state index contributed by atoms with van der Waals surface area (Å²) in [6, 6.07) is 0. The van der Waals surface area contributed by atoms with Crippen LogP contribution in [0.5, 0.6) is 0 Å². The second-order valence-corrected chi connectivity index (χ2v) is 4.52. The molecule has 0 saturated heterocycles. The van der Waals surface area contributed by atoms with Crippen molar-refractivity contribution < 1.29 is 19.1 Å². The second-order valence-electron chi connectivity index (χ2n) is 4.52. The van der Waals surface area contributed by atoms with Gasteiger partial charge >= 0.3 is 12.2 Å². The molecule has 1 fully saturated rings. The van der Waals surface area contributed by atoms with Gasteiger partial charge in [-0.05, 0) is 31.6 Å². The Bertz CT molecular complexity index is 392. The Balaban J connectivity index is 1.69. The fourth-order valence-corrected chi connectivity index (χ4v) is 2.53. The Labute approximate surface area is 105 Å². The molecule has 2 aliphatic rings. The summed E-state index contributed by atoms with van der Waals surface area (Å²) in [5, 5.41) is 6.22. The number of hydrogen-bond donors (Lipinski definition) is 0. The van der Waals surface area contributed by atoms with Crippen LogP contribution in [0.25, 0.3) is 0 Å². The molecule has 6 heteroatoms. The molecule has 98 valence electrons. The first-order valence-corrected chi connectivity index (χ1v) is 6.12. The molecule has 3 atom stereocenters. The Morgan fingerprint density at radius 2 is 1.89 bits per heavy atom. The topological polar surface area (TPSA) is 77.3 Å². The number of amides is 2. The molecule has 1 unspecified atom stereocenters. The van der Waals surface area contributed by atoms with E-state index in [0.29, 0.717) is 24.4 Å². The Morgan fingerprint density at radius 1 is 1.17 bits per heavy atom. The van der Waals surface area contributed by atoms with Gasteiger partial charge in [0, 0.05) is 5.92 Å². The van der Waals surface area contributed by atoms with Crippen LogP contribution in [0.15, 0.2) is 22.4 Å². The van der Waals surface area contributed by atoms with Crippen LogP contribution in [0.2, 0.25) is 0 Å². The van der Waals surface area contributed by atoms with Crippen LogP contribution < -0.4 is 0 Å². The fraction of sp³-hybridized carbons (Fsp3) is 0.667. The lowest BCUT2D eigenvalue weighted by molar-refractivity contribution is 0.126. The number of ether oxygens (including phenoxy) is 2. The van der Waals surface area contributed by atoms with Gasteiger partial charge in [-0.2, -0.15) is 0 Å². The predicted octanol–water partition coefficient (Wildman–Crippen LogP) is 2.94. The maximum absolute atomic E-state index is 11.2. The Hall–Kier alpha value is -1.72. The third kappa shape index (κ3) is 3.15. The van der Waals surface area contributed by atoms with Crippen LogP contribution in [0, 0.1) is 17.8 Å². The molecule has 0 aromatic carbocycles. The molecule has 2 bridgehead atoms. The van der Waals surface area contributed by atoms with E-state index in [1.54, 1.807) is 6.92 Å². The van der Waals surface area contributed by atoms with Crippen molar-refractivity contribution in [3.05, 3.63) is 12.2 Å². The minimum absolute atomic E-state index is 0.199. The number of hydrogen-bond acceptors (Lipinski definition) is 4. The molecule has 18 heavy (non-hydrogen) atoms. The van der Waals surface area contributed by atoms with Gasteiger partial charge < -0.3 is 9.47 Å². The SMILES string of the molecule is CCOC(=O)N=NC(=O)OCC1C[C@@H]2C=C[C@H]1C2. The van der Waals surface area contributed by atoms with Gasteiger partial charge in [0.2, 0.25) is 0 Å². The zero-order valence-electron chi connectivity index (χ0n) is 10.2. The summed E-state index contributed by atoms with van der Waals surface area (Å²) in [5.74, 6) is 1.53. The third-order valence-corrected chi connectivity index (χ3v) is 3.32. The van der Waals surface area contributed by atoms with Crippen molar-refractivity contribution in [2.75, 3.05) is 13.2 Å². The highest BCUT2D eigenvalue weighted by molar-refractivity contribution is 5.73. The maximum Gasteiger partial charge on any atom is 0.452 e. The summed E-state index contributed by atoms with van der Waals surface area (Å²) in [5.41, 5.74) is 0. The highest BCUT2D eigenvalue weighted by atomic mass is 16.6. The number of rotatable bonds is 3. The lowest BCUT2D eigenvalue weighted by atomic mass is 9.95. The zero-order chi connectivity index (χ0) is 13.0. The summed E-state index contributed by atoms with van der Waals surface area (Å²) >= 11 is 0. The van der Waals surface area contributed by atoms with Crippen LogP contribution >= 0.6 is 0 Å². The van der Waals surface area contributed by atoms with E-state index in [2.05, 4.69) is 27.1 Å². The first-order valence-electron chi connectivity index (χ1n) is 6.12. The van der Waals surface area contributed by atoms with Gasteiger partial charge in [-0.15, -0.1) is 0 Å². The molecule has 2 amide bonds. The van der Waals surface area contributed by atoms with Gasteiger partial charge in [0.1, 0.15) is 0 Å². The summed E-state index contributed by atoms with van der Waals surface area (Å²) < 4.78 is 9.46. The largest absolute Gasteiger partial charge is 0.452 e. The molecular weight excluding hydrogens is 236 g/mol. The van der Waals surface area contributed by atoms with E-state index in [-0.39, 0.29) is 6.61 Å². The lowest BCUT2D eigenvalue weighted by Gasteiger charge is -2.16. The normalized spacial score (nSPS) is 28.8. The van der Waals surface area contributed by atoms with Crippen molar-refractivity contribution in [3.8, 4) is 0 Å². The molecule has 6 nitrogen and oxygen atoms in total. The quantitative estimate of drug-likeness (QED) is 0.571. The molecule has 0 N–H and O–H groups in total. The fourth-order valence-electron chi connectivity index (χ4n) is 2.53. The number of fused-ring (bicyclic) bond motifs is 2. The standard InChI is InChI=1S/C12H16N2O4/c1-2-17-11(15)13-14-12(16)18-7-10-6-8-3-4-9(10)5-8/h3-4,8-10H,2,5-7H2,1H3/t8-,9+,10?/m1/s1. The molecule has 0 aliphatic heterocycles. The molecule has 0 aromatic rings. The molecule has 2 rings (SSSR count). The Morgan fingerprint density at radius 3 is 2.44 bits per heavy atom. The van der Waals surface area contributed by atoms with E-state index in [0.717, 1.165) is 12.8 Å². The van der Waals surface area contributed by atoms with Crippen molar-refractivity contribution in [1.82, 2.24) is 0 Å². The van der Waals surface area contributed by atoms with E-state index < -0.39 is 12.2 Å². The van der Waals surface area contributed by atoms with E-state index in [4.69, 9.17) is 4.74 Å². The molecule has 0 heterocycles. The first kappa shape index (κ1) is 12.7. The van der Waals surface area contributed by atoms with Crippen LogP contribution in [0.3, 0.4) is 0 Å². The van der Waals surface area contributed by atoms with Gasteiger partial charge in [0.15, 0.2) is 0 Å². The van der Waals surface area contributed by atoms with Crippen molar-refractivity contribution in [3.63, 3.8) is 0 Å². The smallest absolute Gasteiger partial charge is 0.447 e. The average Bonchev–Trinajstić information content (AvgIpc) is 2.96. The molecule has 0 aromatic heterocycles. The summed E-state index contributed by atoms with van der Waals surface area (Å²) in [6.07, 6.45) is 4.92. The zero-order valence-corrected chi connectivity index (χ0v) is 10.2. The highest BCUT2D eigenvalue weighted by Crippen LogP contribution is 2.43. The molecule has 0 spiro atoms. The predicted molar refractivity (Wildman–Crippen MR) is 62.1 cm³/mol. The van der Waals surface area contributed by atoms with Crippen molar-refractivity contribution in [2.24, 2.45) is 28.0 Å². The molecular formula is C12H16N2O4. The number of azo groups is 1. The van der Waals surface area contributed by atoms with Gasteiger partial charge in [0.05, 0.1) is 13.2 Å². The minimum atomic E-state index is -0.877. The van der Waals surface area contributed by atoms with Gasteiger partial charge in [0.25, 0.3) is 0 Å². The van der Waals surface area contributed by atoms with E-state index >= 15 is 0 Å². The van der Waals surface area contributed by atoms with E-state index in [1.807, 2.05) is 0 Å². The number of nitrogens with zero attached hydrogens (tertiary/aromatic N) is 2. The van der Waals surface area contributed by atoms with Crippen molar-refractivity contribution >= 4 is 12.2 Å². The first-order chi connectivity index (χ1) is 8.69. The average molecular weight is 252 g/mol. The van der Waals surface area contributed by atoms with Gasteiger partial charge in [-0.3, -0.25) is 0 Å². The van der Waals surface area contributed by atoms with Crippen LogP contribution in [-0.4, -0.2) is 25.4 Å². The molecule has 1 saturated carbocycles. The summed E-state index contributed by atoms with van der Waals surface area (Å²) in [4.78, 5) is 22.0. The molecule has 2 aliphatic carbocycles. The lowest BCUT2D eigenvalue weighted by Crippen LogP contribution is -2.16. The van der Waals surface area contributed by atoms with Crippen LogP contribution in [0.1, 0.15) is 19.8 Å². The van der Waals surface area contributed by atoms with Crippen LogP contribution in [-0.2, 0) is 9.47 Å². The maximum atomic E-state index is 11.2. The third-order valence-electron chi connectivity index (χ3n) is 3.32. The summed E-state index contributed by atoms with van der Waals surface area (Å²) in [7, 11) is 0. The van der Waals surface area contributed by atoms with Gasteiger partial charge in [-0.1, -0.05) is 22.4 Å². The molecule has 0 radical (unpaired) electrons. The second kappa shape index (κ2) is 5.75. The van der Waals surface area contributed by atoms with E-state index in [9.17, 15) is 9.59 Å². The monoisotopic (exact) mass is 252 g/mol. The van der Waals surface area contributed by atoms with Crippen molar-refractivity contribution in [2.45, 2.75) is 19.8 Å². The highest BCUT2D eigenvalue weighted by Gasteiger charge is 2.36. The van der Waals surface area contributed by atoms with Crippen LogP contribution in [0.4, 0.5) is 9.59 Å². The van der Waals surface area contributed by atoms with Gasteiger partial charge in [-0.25, -0.2) is 9.59 Å².